The Hall–Kier alpha value is -2.31. The van der Waals surface area contributed by atoms with Crippen LogP contribution in [0.4, 0.5) is 5.69 Å². The molecule has 5 rings (SSSR count). The first-order chi connectivity index (χ1) is 18.1. The molecule has 4 aliphatic rings. The fourth-order valence-corrected chi connectivity index (χ4v) is 6.77. The third-order valence-corrected chi connectivity index (χ3v) is 9.10. The second kappa shape index (κ2) is 12.0. The van der Waals surface area contributed by atoms with Crippen LogP contribution in [0, 0.1) is 5.92 Å². The monoisotopic (exact) mass is 506 g/mol. The van der Waals surface area contributed by atoms with Crippen LogP contribution in [0.1, 0.15) is 57.4 Å². The predicted octanol–water partition coefficient (Wildman–Crippen LogP) is 4.67. The summed E-state index contributed by atoms with van der Waals surface area (Å²) in [7, 11) is 4.00. The van der Waals surface area contributed by atoms with Crippen molar-refractivity contribution in [2.45, 2.75) is 64.3 Å². The van der Waals surface area contributed by atoms with Gasteiger partial charge >= 0.3 is 0 Å². The van der Waals surface area contributed by atoms with Crippen LogP contribution in [-0.2, 0) is 16.0 Å². The number of hydrogen-bond acceptors (Lipinski definition) is 5. The minimum atomic E-state index is 0.196. The quantitative estimate of drug-likeness (QED) is 0.537. The number of amides is 1. The van der Waals surface area contributed by atoms with Crippen LogP contribution in [0.5, 0.6) is 0 Å². The van der Waals surface area contributed by atoms with Gasteiger partial charge in [-0.1, -0.05) is 31.9 Å². The zero-order chi connectivity index (χ0) is 25.8. The third-order valence-electron chi connectivity index (χ3n) is 9.10. The van der Waals surface area contributed by atoms with Gasteiger partial charge in [0.15, 0.2) is 0 Å². The summed E-state index contributed by atoms with van der Waals surface area (Å²) in [6.07, 6.45) is 10.8. The zero-order valence-electron chi connectivity index (χ0n) is 23.3. The summed E-state index contributed by atoms with van der Waals surface area (Å²) in [5, 5.41) is 0. The first kappa shape index (κ1) is 26.3. The number of fused-ring (bicyclic) bond motifs is 1. The lowest BCUT2D eigenvalue weighted by molar-refractivity contribution is -0.128. The maximum atomic E-state index is 13.4. The van der Waals surface area contributed by atoms with E-state index < -0.39 is 0 Å². The van der Waals surface area contributed by atoms with Gasteiger partial charge < -0.3 is 19.4 Å². The minimum absolute atomic E-state index is 0.196. The van der Waals surface area contributed by atoms with Crippen molar-refractivity contribution >= 4 is 11.6 Å². The molecule has 1 amide bonds. The number of likely N-dealkylation sites (N-methyl/N-ethyl adjacent to an activating group) is 1. The van der Waals surface area contributed by atoms with E-state index in [-0.39, 0.29) is 5.91 Å². The van der Waals surface area contributed by atoms with Crippen molar-refractivity contribution in [2.75, 3.05) is 64.9 Å². The Labute approximate surface area is 223 Å². The highest BCUT2D eigenvalue weighted by Crippen LogP contribution is 2.38. The van der Waals surface area contributed by atoms with Gasteiger partial charge in [0.2, 0.25) is 5.91 Å². The molecule has 1 aromatic rings. The Morgan fingerprint density at radius 1 is 0.946 bits per heavy atom. The lowest BCUT2D eigenvalue weighted by atomic mass is 9.83. The maximum Gasteiger partial charge on any atom is 0.230 e. The van der Waals surface area contributed by atoms with E-state index in [1.54, 1.807) is 7.11 Å². The second-order valence-corrected chi connectivity index (χ2v) is 11.5. The summed E-state index contributed by atoms with van der Waals surface area (Å²) in [6, 6.07) is 9.13. The Kier molecular flexibility index (Phi) is 8.56. The number of methoxy groups -OCH3 is 1. The van der Waals surface area contributed by atoms with Gasteiger partial charge in [0, 0.05) is 70.2 Å². The number of ether oxygens (including phenoxy) is 1. The van der Waals surface area contributed by atoms with Gasteiger partial charge in [0.25, 0.3) is 0 Å². The van der Waals surface area contributed by atoms with Crippen LogP contribution in [0.2, 0.25) is 0 Å². The van der Waals surface area contributed by atoms with Crippen LogP contribution in [0.3, 0.4) is 0 Å². The van der Waals surface area contributed by atoms with Gasteiger partial charge in [-0.25, -0.2) is 0 Å². The first-order valence-corrected chi connectivity index (χ1v) is 14.6. The van der Waals surface area contributed by atoms with Crippen LogP contribution in [-0.4, -0.2) is 86.6 Å². The SMILES string of the molecule is CCCC1CCN(c2ccc(CC(=O)N3C=C4C(=C(OC)CCC4N4CCN(C)CC4)CC3)cc2)CC1. The summed E-state index contributed by atoms with van der Waals surface area (Å²) >= 11 is 0. The van der Waals surface area contributed by atoms with Crippen molar-refractivity contribution in [3.63, 3.8) is 0 Å². The van der Waals surface area contributed by atoms with E-state index in [0.29, 0.717) is 12.5 Å². The molecular weight excluding hydrogens is 460 g/mol. The van der Waals surface area contributed by atoms with Crippen LogP contribution in [0.15, 0.2) is 47.4 Å². The maximum absolute atomic E-state index is 13.4. The molecule has 0 radical (unpaired) electrons. The summed E-state index contributed by atoms with van der Waals surface area (Å²) in [4.78, 5) is 22.9. The number of rotatable bonds is 7. The van der Waals surface area contributed by atoms with E-state index in [0.717, 1.165) is 82.3 Å². The highest BCUT2D eigenvalue weighted by molar-refractivity contribution is 5.80. The molecule has 1 aromatic carbocycles. The molecule has 37 heavy (non-hydrogen) atoms. The van der Waals surface area contributed by atoms with Gasteiger partial charge in [-0.2, -0.15) is 0 Å². The van der Waals surface area contributed by atoms with Crippen molar-refractivity contribution in [1.82, 2.24) is 14.7 Å². The number of carbonyl (C=O) groups excluding carboxylic acids is 1. The highest BCUT2D eigenvalue weighted by atomic mass is 16.5. The summed E-state index contributed by atoms with van der Waals surface area (Å²) < 4.78 is 5.79. The zero-order valence-corrected chi connectivity index (χ0v) is 23.3. The number of anilines is 1. The Morgan fingerprint density at radius 3 is 2.35 bits per heavy atom. The lowest BCUT2D eigenvalue weighted by Crippen LogP contribution is -2.51. The van der Waals surface area contributed by atoms with E-state index in [4.69, 9.17) is 4.74 Å². The molecule has 6 heteroatoms. The number of hydrogen-bond donors (Lipinski definition) is 0. The normalized spacial score (nSPS) is 24.2. The van der Waals surface area contributed by atoms with Gasteiger partial charge in [-0.05, 0) is 67.5 Å². The molecule has 0 saturated carbocycles. The predicted molar refractivity (Wildman–Crippen MR) is 151 cm³/mol. The molecule has 0 bridgehead atoms. The molecular formula is C31H46N4O2. The van der Waals surface area contributed by atoms with Crippen molar-refractivity contribution in [3.8, 4) is 0 Å². The van der Waals surface area contributed by atoms with Crippen molar-refractivity contribution in [2.24, 2.45) is 5.92 Å². The topological polar surface area (TPSA) is 39.3 Å². The Balaban J connectivity index is 1.24. The van der Waals surface area contributed by atoms with E-state index in [1.165, 1.54) is 42.5 Å². The van der Waals surface area contributed by atoms with Crippen LogP contribution >= 0.6 is 0 Å². The summed E-state index contributed by atoms with van der Waals surface area (Å²) in [5.41, 5.74) is 5.06. The molecule has 3 heterocycles. The lowest BCUT2D eigenvalue weighted by Gasteiger charge is -2.43. The number of benzene rings is 1. The second-order valence-electron chi connectivity index (χ2n) is 11.5. The van der Waals surface area contributed by atoms with Gasteiger partial charge in [-0.3, -0.25) is 9.69 Å². The first-order valence-electron chi connectivity index (χ1n) is 14.6. The van der Waals surface area contributed by atoms with Gasteiger partial charge in [0.1, 0.15) is 0 Å². The van der Waals surface area contributed by atoms with E-state index in [1.807, 2.05) is 4.90 Å². The highest BCUT2D eigenvalue weighted by Gasteiger charge is 2.35. The molecule has 202 valence electrons. The molecule has 3 aliphatic heterocycles. The number of piperidine rings is 1. The Morgan fingerprint density at radius 2 is 1.68 bits per heavy atom. The average molecular weight is 507 g/mol. The van der Waals surface area contributed by atoms with Crippen LogP contribution < -0.4 is 4.90 Å². The molecule has 0 aromatic heterocycles. The number of nitrogens with zero attached hydrogens (tertiary/aromatic N) is 4. The fraction of sp³-hybridized carbons (Fsp3) is 0.645. The summed E-state index contributed by atoms with van der Waals surface area (Å²) in [5.74, 6) is 2.21. The van der Waals surface area contributed by atoms with Crippen molar-refractivity contribution in [3.05, 3.63) is 52.9 Å². The molecule has 0 N–H and O–H groups in total. The molecule has 2 saturated heterocycles. The number of allylic oxidation sites excluding steroid dienone is 1. The standard InChI is InChI=1S/C31H46N4O2/c1-4-5-24-12-15-33(16-13-24)26-8-6-25(7-9-26)22-31(36)35-17-14-27-28(23-35)29(10-11-30(27)37-3)34-20-18-32(2)19-21-34/h6-9,23-24,29H,4-5,10-22H2,1-3H3. The van der Waals surface area contributed by atoms with Crippen LogP contribution in [0.25, 0.3) is 0 Å². The average Bonchev–Trinajstić information content (AvgIpc) is 2.94. The fourth-order valence-electron chi connectivity index (χ4n) is 6.77. The minimum Gasteiger partial charge on any atom is -0.501 e. The molecule has 1 unspecified atom stereocenters. The smallest absolute Gasteiger partial charge is 0.230 e. The van der Waals surface area contributed by atoms with E-state index >= 15 is 0 Å². The molecule has 1 aliphatic carbocycles. The molecule has 1 atom stereocenters. The number of carbonyl (C=O) groups is 1. The molecule has 0 spiro atoms. The third kappa shape index (κ3) is 6.06. The van der Waals surface area contributed by atoms with Crippen molar-refractivity contribution in [1.29, 1.82) is 0 Å². The Bertz CT molecular complexity index is 985. The number of piperazine rings is 1. The van der Waals surface area contributed by atoms with Gasteiger partial charge in [0.05, 0.1) is 19.3 Å². The van der Waals surface area contributed by atoms with E-state index in [2.05, 4.69) is 59.1 Å². The van der Waals surface area contributed by atoms with Crippen molar-refractivity contribution < 1.29 is 9.53 Å². The molecule has 2 fully saturated rings. The molecule has 6 nitrogen and oxygen atoms in total. The largest absolute Gasteiger partial charge is 0.501 e. The summed E-state index contributed by atoms with van der Waals surface area (Å²) in [6.45, 7) is 9.72. The van der Waals surface area contributed by atoms with E-state index in [9.17, 15) is 4.79 Å². The van der Waals surface area contributed by atoms with Gasteiger partial charge in [-0.15, -0.1) is 0 Å².